The van der Waals surface area contributed by atoms with E-state index in [1.54, 1.807) is 18.1 Å². The Morgan fingerprint density at radius 1 is 1.03 bits per heavy atom. The number of amides is 2. The predicted molar refractivity (Wildman–Crippen MR) is 146 cm³/mol. The summed E-state index contributed by atoms with van der Waals surface area (Å²) in [7, 11) is 1.61. The number of ether oxygens (including phenoxy) is 4. The summed E-state index contributed by atoms with van der Waals surface area (Å²) >= 11 is 0. The molecule has 2 heterocycles. The number of hydrogen-bond donors (Lipinski definition) is 1. The Morgan fingerprint density at radius 2 is 1.74 bits per heavy atom. The number of fused-ring (bicyclic) bond motifs is 1. The van der Waals surface area contributed by atoms with Crippen LogP contribution >= 0.6 is 0 Å². The molecule has 0 aromatic heterocycles. The van der Waals surface area contributed by atoms with E-state index < -0.39 is 12.1 Å². The Hall–Kier alpha value is -3.30. The highest BCUT2D eigenvalue weighted by Gasteiger charge is 2.39. The fourth-order valence-corrected chi connectivity index (χ4v) is 5.55. The number of methoxy groups -OCH3 is 1. The third-order valence-electron chi connectivity index (χ3n) is 7.77. The first-order valence-electron chi connectivity index (χ1n) is 14.1. The maximum atomic E-state index is 14.2. The molecule has 2 amide bonds. The molecule has 0 radical (unpaired) electrons. The lowest BCUT2D eigenvalue weighted by Gasteiger charge is -2.38. The molecule has 1 aliphatic carbocycles. The van der Waals surface area contributed by atoms with Crippen LogP contribution in [0.4, 0.5) is 0 Å². The molecule has 1 saturated carbocycles. The number of hydrogen-bond acceptors (Lipinski definition) is 7. The van der Waals surface area contributed by atoms with E-state index >= 15 is 0 Å². The molecule has 5 rings (SSSR count). The number of para-hydroxylation sites is 2. The van der Waals surface area contributed by atoms with Crippen LogP contribution < -0.4 is 19.5 Å². The Kier molecular flexibility index (Phi) is 9.21. The van der Waals surface area contributed by atoms with Crippen LogP contribution in [0, 0.1) is 0 Å². The third-order valence-corrected chi connectivity index (χ3v) is 7.77. The number of carbonyl (C=O) groups is 2. The first kappa shape index (κ1) is 27.3. The fraction of sp³-hybridized carbons (Fsp3) is 0.533. The van der Waals surface area contributed by atoms with Crippen LogP contribution in [0.3, 0.4) is 0 Å². The van der Waals surface area contributed by atoms with Crippen LogP contribution in [-0.2, 0) is 14.3 Å². The van der Waals surface area contributed by atoms with Gasteiger partial charge in [-0.05, 0) is 42.7 Å². The van der Waals surface area contributed by atoms with E-state index in [2.05, 4.69) is 10.2 Å². The molecule has 2 aromatic carbocycles. The molecule has 9 heteroatoms. The van der Waals surface area contributed by atoms with Gasteiger partial charge in [0.1, 0.15) is 18.4 Å². The minimum atomic E-state index is -0.854. The van der Waals surface area contributed by atoms with Crippen LogP contribution in [0.15, 0.2) is 48.5 Å². The number of rotatable bonds is 9. The minimum absolute atomic E-state index is 0.0868. The van der Waals surface area contributed by atoms with Gasteiger partial charge in [-0.1, -0.05) is 43.5 Å². The van der Waals surface area contributed by atoms with E-state index in [1.165, 1.54) is 6.42 Å². The van der Waals surface area contributed by atoms with Crippen molar-refractivity contribution in [2.24, 2.45) is 0 Å². The molecule has 2 aromatic rings. The van der Waals surface area contributed by atoms with Gasteiger partial charge in [0.25, 0.3) is 5.91 Å². The van der Waals surface area contributed by atoms with Gasteiger partial charge in [0.15, 0.2) is 11.5 Å². The van der Waals surface area contributed by atoms with E-state index in [0.717, 1.165) is 44.3 Å². The maximum absolute atomic E-state index is 14.2. The lowest BCUT2D eigenvalue weighted by atomic mass is 9.94. The second-order valence-corrected chi connectivity index (χ2v) is 10.4. The predicted octanol–water partition coefficient (Wildman–Crippen LogP) is 3.19. The first-order valence-corrected chi connectivity index (χ1v) is 14.1. The summed E-state index contributed by atoms with van der Waals surface area (Å²) in [5, 5.41) is 3.27. The lowest BCUT2D eigenvalue weighted by molar-refractivity contribution is -0.149. The molecule has 2 unspecified atom stereocenters. The molecule has 39 heavy (non-hydrogen) atoms. The van der Waals surface area contributed by atoms with Gasteiger partial charge in [0, 0.05) is 32.2 Å². The van der Waals surface area contributed by atoms with Crippen molar-refractivity contribution in [3.63, 3.8) is 0 Å². The average molecular weight is 538 g/mol. The second-order valence-electron chi connectivity index (χ2n) is 10.4. The first-order chi connectivity index (χ1) is 19.1. The molecule has 2 aliphatic heterocycles. The summed E-state index contributed by atoms with van der Waals surface area (Å²) in [6, 6.07) is 14.0. The van der Waals surface area contributed by atoms with Crippen molar-refractivity contribution >= 4 is 11.8 Å². The van der Waals surface area contributed by atoms with Gasteiger partial charge in [-0.2, -0.15) is 0 Å². The largest absolute Gasteiger partial charge is 0.497 e. The number of nitrogens with zero attached hydrogens (tertiary/aromatic N) is 2. The zero-order chi connectivity index (χ0) is 27.0. The van der Waals surface area contributed by atoms with Gasteiger partial charge in [-0.25, -0.2) is 0 Å². The van der Waals surface area contributed by atoms with Crippen LogP contribution in [0.5, 0.6) is 17.2 Å². The van der Waals surface area contributed by atoms with E-state index in [1.807, 2.05) is 42.5 Å². The van der Waals surface area contributed by atoms with Crippen molar-refractivity contribution in [2.45, 2.75) is 50.3 Å². The van der Waals surface area contributed by atoms with Crippen molar-refractivity contribution in [1.82, 2.24) is 15.1 Å². The molecule has 2 atom stereocenters. The zero-order valence-electron chi connectivity index (χ0n) is 22.7. The third kappa shape index (κ3) is 6.83. The van der Waals surface area contributed by atoms with Crippen molar-refractivity contribution < 1.29 is 28.5 Å². The highest BCUT2D eigenvalue weighted by Crippen LogP contribution is 2.33. The van der Waals surface area contributed by atoms with Crippen LogP contribution in [-0.4, -0.2) is 86.9 Å². The zero-order valence-corrected chi connectivity index (χ0v) is 22.7. The minimum Gasteiger partial charge on any atom is -0.497 e. The molecule has 3 aliphatic rings. The summed E-state index contributed by atoms with van der Waals surface area (Å²) in [6.07, 6.45) is 4.46. The Morgan fingerprint density at radius 3 is 2.46 bits per heavy atom. The molecule has 210 valence electrons. The van der Waals surface area contributed by atoms with Crippen molar-refractivity contribution in [1.29, 1.82) is 0 Å². The summed E-state index contributed by atoms with van der Waals surface area (Å²) in [4.78, 5) is 32.1. The Balaban J connectivity index is 1.44. The molecular formula is C30H39N3O6. The highest BCUT2D eigenvalue weighted by molar-refractivity contribution is 5.91. The standard InChI is InChI=1S/C30H39N3O6/c1-36-24-13-11-22(12-14-24)28(29(34)31-23-7-3-2-4-8-23)33(16-15-32-17-19-37-20-18-32)30(35)27-21-38-25-9-5-6-10-26(25)39-27/h5-6,9-14,23,27-28H,2-4,7-8,15-21H2,1H3,(H,31,34). The molecule has 9 nitrogen and oxygen atoms in total. The summed E-state index contributed by atoms with van der Waals surface area (Å²) in [5.41, 5.74) is 0.733. The fourth-order valence-electron chi connectivity index (χ4n) is 5.55. The summed E-state index contributed by atoms with van der Waals surface area (Å²) in [5.74, 6) is 1.40. The molecular weight excluding hydrogens is 498 g/mol. The number of carbonyl (C=O) groups excluding carboxylic acids is 2. The van der Waals surface area contributed by atoms with Crippen molar-refractivity contribution in [3.8, 4) is 17.2 Å². The lowest BCUT2D eigenvalue weighted by Crippen LogP contribution is -2.54. The van der Waals surface area contributed by atoms with Crippen LogP contribution in [0.1, 0.15) is 43.7 Å². The molecule has 2 fully saturated rings. The Labute approximate surface area is 230 Å². The number of nitrogens with one attached hydrogen (secondary N) is 1. The van der Waals surface area contributed by atoms with E-state index in [0.29, 0.717) is 43.6 Å². The van der Waals surface area contributed by atoms with E-state index in [-0.39, 0.29) is 24.5 Å². The smallest absolute Gasteiger partial charge is 0.268 e. The number of benzene rings is 2. The van der Waals surface area contributed by atoms with Gasteiger partial charge in [-0.15, -0.1) is 0 Å². The van der Waals surface area contributed by atoms with Crippen molar-refractivity contribution in [2.75, 3.05) is 53.1 Å². The van der Waals surface area contributed by atoms with Crippen molar-refractivity contribution in [3.05, 3.63) is 54.1 Å². The molecule has 1 N–H and O–H groups in total. The average Bonchev–Trinajstić information content (AvgIpc) is 2.99. The van der Waals surface area contributed by atoms with Gasteiger partial charge >= 0.3 is 0 Å². The van der Waals surface area contributed by atoms with Crippen LogP contribution in [0.25, 0.3) is 0 Å². The summed E-state index contributed by atoms with van der Waals surface area (Å²) in [6.45, 7) is 3.99. The van der Waals surface area contributed by atoms with Gasteiger partial charge < -0.3 is 29.2 Å². The monoisotopic (exact) mass is 537 g/mol. The SMILES string of the molecule is COc1ccc(C(C(=O)NC2CCCCC2)N(CCN2CCOCC2)C(=O)C2COc3ccccc3O2)cc1. The van der Waals surface area contributed by atoms with Gasteiger partial charge in [0.2, 0.25) is 12.0 Å². The topological polar surface area (TPSA) is 89.6 Å². The molecule has 0 spiro atoms. The normalized spacial score (nSPS) is 20.6. The van der Waals surface area contributed by atoms with Crippen LogP contribution in [0.2, 0.25) is 0 Å². The highest BCUT2D eigenvalue weighted by atomic mass is 16.6. The summed E-state index contributed by atoms with van der Waals surface area (Å²) < 4.78 is 22.9. The Bertz CT molecular complexity index is 1100. The van der Waals surface area contributed by atoms with E-state index in [4.69, 9.17) is 18.9 Å². The number of morpholine rings is 1. The second kappa shape index (κ2) is 13.2. The quantitative estimate of drug-likeness (QED) is 0.526. The maximum Gasteiger partial charge on any atom is 0.268 e. The van der Waals surface area contributed by atoms with E-state index in [9.17, 15) is 9.59 Å². The molecule has 1 saturated heterocycles. The van der Waals surface area contributed by atoms with Gasteiger partial charge in [0.05, 0.1) is 20.3 Å². The molecule has 0 bridgehead atoms. The van der Waals surface area contributed by atoms with Gasteiger partial charge in [-0.3, -0.25) is 14.5 Å².